The molecule has 1 saturated carbocycles. The van der Waals surface area contributed by atoms with E-state index in [0.717, 1.165) is 17.4 Å². The highest BCUT2D eigenvalue weighted by molar-refractivity contribution is 7.13. The highest BCUT2D eigenvalue weighted by Gasteiger charge is 2.30. The Kier molecular flexibility index (Phi) is 5.11. The number of halogens is 1. The first kappa shape index (κ1) is 16.9. The van der Waals surface area contributed by atoms with Crippen LogP contribution in [0.2, 0.25) is 0 Å². The number of amides is 1. The summed E-state index contributed by atoms with van der Waals surface area (Å²) in [5.74, 6) is -0.552. The fourth-order valence-electron chi connectivity index (χ4n) is 2.65. The van der Waals surface area contributed by atoms with Crippen LogP contribution in [-0.2, 0) is 11.3 Å². The quantitative estimate of drug-likeness (QED) is 0.836. The van der Waals surface area contributed by atoms with Crippen molar-refractivity contribution in [3.8, 4) is 0 Å². The number of anilines is 2. The summed E-state index contributed by atoms with van der Waals surface area (Å²) in [4.78, 5) is 20.7. The summed E-state index contributed by atoms with van der Waals surface area (Å²) in [5, 5.41) is 2.97. The molecule has 0 atom stereocenters. The zero-order chi connectivity index (χ0) is 17.1. The maximum absolute atomic E-state index is 13.1. The lowest BCUT2D eigenvalue weighted by molar-refractivity contribution is -0.117. The van der Waals surface area contributed by atoms with Crippen molar-refractivity contribution in [3.05, 3.63) is 41.2 Å². The predicted octanol–water partition coefficient (Wildman–Crippen LogP) is 2.76. The van der Waals surface area contributed by atoms with Crippen molar-refractivity contribution in [2.75, 3.05) is 22.9 Å². The molecular formula is C17H21FN4OS. The van der Waals surface area contributed by atoms with Crippen molar-refractivity contribution >= 4 is 28.1 Å². The van der Waals surface area contributed by atoms with Crippen LogP contribution in [0.4, 0.5) is 15.2 Å². The average Bonchev–Trinajstić information content (AvgIpc) is 3.32. The summed E-state index contributed by atoms with van der Waals surface area (Å²) >= 11 is 1.60. The van der Waals surface area contributed by atoms with Crippen molar-refractivity contribution in [3.63, 3.8) is 0 Å². The molecule has 128 valence electrons. The summed E-state index contributed by atoms with van der Waals surface area (Å²) in [6.45, 7) is 3.29. The zero-order valence-electron chi connectivity index (χ0n) is 13.6. The van der Waals surface area contributed by atoms with Crippen molar-refractivity contribution < 1.29 is 9.18 Å². The summed E-state index contributed by atoms with van der Waals surface area (Å²) < 4.78 is 13.1. The summed E-state index contributed by atoms with van der Waals surface area (Å²) in [6, 6.07) is 6.44. The smallest absolute Gasteiger partial charge is 0.241 e. The van der Waals surface area contributed by atoms with E-state index >= 15 is 0 Å². The topological polar surface area (TPSA) is 62.5 Å². The molecule has 7 heteroatoms. The van der Waals surface area contributed by atoms with Gasteiger partial charge >= 0.3 is 0 Å². The van der Waals surface area contributed by atoms with Crippen molar-refractivity contribution in [2.24, 2.45) is 5.73 Å². The fraction of sp³-hybridized carbons (Fsp3) is 0.412. The molecule has 0 unspecified atom stereocenters. The van der Waals surface area contributed by atoms with E-state index in [1.807, 2.05) is 5.38 Å². The lowest BCUT2D eigenvalue weighted by Crippen LogP contribution is -2.35. The van der Waals surface area contributed by atoms with Crippen LogP contribution in [0.3, 0.4) is 0 Å². The molecule has 0 bridgehead atoms. The maximum Gasteiger partial charge on any atom is 0.241 e. The van der Waals surface area contributed by atoms with E-state index in [0.29, 0.717) is 18.3 Å². The molecule has 1 aromatic carbocycles. The van der Waals surface area contributed by atoms with Crippen molar-refractivity contribution in [1.29, 1.82) is 0 Å². The molecule has 0 radical (unpaired) electrons. The van der Waals surface area contributed by atoms with Gasteiger partial charge in [0.2, 0.25) is 5.91 Å². The van der Waals surface area contributed by atoms with E-state index < -0.39 is 0 Å². The second-order valence-corrected chi connectivity index (χ2v) is 6.64. The molecule has 0 aliphatic heterocycles. The van der Waals surface area contributed by atoms with Gasteiger partial charge in [-0.3, -0.25) is 4.79 Å². The van der Waals surface area contributed by atoms with E-state index in [1.54, 1.807) is 28.4 Å². The van der Waals surface area contributed by atoms with Crippen molar-refractivity contribution in [2.45, 2.75) is 32.4 Å². The van der Waals surface area contributed by atoms with Crippen LogP contribution >= 0.6 is 11.3 Å². The molecule has 1 heterocycles. The van der Waals surface area contributed by atoms with Crippen LogP contribution in [0.1, 0.15) is 25.5 Å². The lowest BCUT2D eigenvalue weighted by Gasteiger charge is -2.22. The van der Waals surface area contributed by atoms with Crippen LogP contribution in [0, 0.1) is 5.82 Å². The van der Waals surface area contributed by atoms with Gasteiger partial charge in [-0.15, -0.1) is 11.3 Å². The second-order valence-electron chi connectivity index (χ2n) is 5.80. The summed E-state index contributed by atoms with van der Waals surface area (Å²) in [7, 11) is 0. The maximum atomic E-state index is 13.1. The minimum Gasteiger partial charge on any atom is -0.345 e. The first-order valence-corrected chi connectivity index (χ1v) is 8.97. The van der Waals surface area contributed by atoms with Crippen LogP contribution in [0.15, 0.2) is 29.6 Å². The van der Waals surface area contributed by atoms with E-state index in [2.05, 4.69) is 16.8 Å². The minimum absolute atomic E-state index is 0.0997. The van der Waals surface area contributed by atoms with E-state index in [9.17, 15) is 9.18 Å². The molecule has 2 N–H and O–H groups in total. The van der Waals surface area contributed by atoms with Gasteiger partial charge in [0.25, 0.3) is 0 Å². The predicted molar refractivity (Wildman–Crippen MR) is 94.8 cm³/mol. The van der Waals surface area contributed by atoms with Gasteiger partial charge in [-0.05, 0) is 44.0 Å². The van der Waals surface area contributed by atoms with Crippen LogP contribution in [0.25, 0.3) is 0 Å². The number of carbonyl (C=O) groups excluding carboxylic acids is 1. The summed E-state index contributed by atoms with van der Waals surface area (Å²) in [6.07, 6.45) is 2.44. The summed E-state index contributed by atoms with van der Waals surface area (Å²) in [5.41, 5.74) is 6.97. The number of benzene rings is 1. The Balaban J connectivity index is 1.79. The Bertz CT molecular complexity index is 699. The number of rotatable bonds is 7. The van der Waals surface area contributed by atoms with Crippen LogP contribution < -0.4 is 15.5 Å². The van der Waals surface area contributed by atoms with Gasteiger partial charge in [0.15, 0.2) is 5.13 Å². The molecule has 2 aromatic rings. The Hall–Kier alpha value is -1.99. The number of aromatic nitrogens is 1. The highest BCUT2D eigenvalue weighted by Crippen LogP contribution is 2.33. The number of carbonyl (C=O) groups is 1. The minimum atomic E-state index is -0.335. The van der Waals surface area contributed by atoms with Gasteiger partial charge in [-0.2, -0.15) is 0 Å². The zero-order valence-corrected chi connectivity index (χ0v) is 14.4. The Morgan fingerprint density at radius 3 is 2.67 bits per heavy atom. The number of nitrogens with zero attached hydrogens (tertiary/aromatic N) is 3. The molecule has 5 nitrogen and oxygen atoms in total. The Morgan fingerprint density at radius 2 is 2.08 bits per heavy atom. The van der Waals surface area contributed by atoms with Gasteiger partial charge in [-0.1, -0.05) is 0 Å². The number of hydrogen-bond acceptors (Lipinski definition) is 5. The van der Waals surface area contributed by atoms with Crippen LogP contribution in [0.5, 0.6) is 0 Å². The molecular weight excluding hydrogens is 327 g/mol. The Morgan fingerprint density at radius 1 is 1.38 bits per heavy atom. The van der Waals surface area contributed by atoms with Gasteiger partial charge in [-0.25, -0.2) is 9.37 Å². The number of thiazole rings is 1. The largest absolute Gasteiger partial charge is 0.345 e. The Labute approximate surface area is 144 Å². The molecule has 3 rings (SSSR count). The SMILES string of the molecule is CCN(c1nc(CN(C(=O)CN)c2ccc(F)cc2)cs1)C1CC1. The molecule has 1 amide bonds. The molecule has 1 aromatic heterocycles. The van der Waals surface area contributed by atoms with Crippen LogP contribution in [-0.4, -0.2) is 30.0 Å². The van der Waals surface area contributed by atoms with Gasteiger partial charge in [0, 0.05) is 23.7 Å². The third-order valence-electron chi connectivity index (χ3n) is 4.05. The van der Waals surface area contributed by atoms with Gasteiger partial charge in [0.05, 0.1) is 18.8 Å². The number of nitrogens with two attached hydrogens (primary N) is 1. The highest BCUT2D eigenvalue weighted by atomic mass is 32.1. The first-order chi connectivity index (χ1) is 11.6. The standard InChI is InChI=1S/C17H21FN4OS/c1-2-21(14-7-8-14)17-20-13(11-24-17)10-22(16(23)9-19)15-5-3-12(18)4-6-15/h3-6,11,14H,2,7-10,19H2,1H3. The lowest BCUT2D eigenvalue weighted by atomic mass is 10.2. The molecule has 1 aliphatic carbocycles. The van der Waals surface area contributed by atoms with Crippen molar-refractivity contribution in [1.82, 2.24) is 4.98 Å². The fourth-order valence-corrected chi connectivity index (χ4v) is 3.61. The monoisotopic (exact) mass is 348 g/mol. The molecule has 0 spiro atoms. The second kappa shape index (κ2) is 7.27. The van der Waals surface area contributed by atoms with Gasteiger partial charge < -0.3 is 15.5 Å². The van der Waals surface area contributed by atoms with E-state index in [-0.39, 0.29) is 18.3 Å². The molecule has 1 fully saturated rings. The van der Waals surface area contributed by atoms with E-state index in [1.165, 1.54) is 25.0 Å². The average molecular weight is 348 g/mol. The third-order valence-corrected chi connectivity index (χ3v) is 4.97. The third kappa shape index (κ3) is 3.73. The number of hydrogen-bond donors (Lipinski definition) is 1. The molecule has 24 heavy (non-hydrogen) atoms. The first-order valence-electron chi connectivity index (χ1n) is 8.09. The molecule has 0 saturated heterocycles. The molecule has 1 aliphatic rings. The van der Waals surface area contributed by atoms with Gasteiger partial charge in [0.1, 0.15) is 5.82 Å². The normalized spacial score (nSPS) is 13.8. The van der Waals surface area contributed by atoms with E-state index in [4.69, 9.17) is 5.73 Å².